The zero-order valence-corrected chi connectivity index (χ0v) is 17.2. The van der Waals surface area contributed by atoms with E-state index in [2.05, 4.69) is 20.2 Å². The normalized spacial score (nSPS) is 15.4. The molecule has 9 heteroatoms. The Morgan fingerprint density at radius 3 is 2.64 bits per heavy atom. The highest BCUT2D eigenvalue weighted by Crippen LogP contribution is 2.28. The average molecular weight is 423 g/mol. The van der Waals surface area contributed by atoms with Crippen LogP contribution < -0.4 is 10.2 Å². The Bertz CT molecular complexity index is 929. The standard InChI is InChI=1S/C19H23ClN4O3S/c1-28(26,27)13-9-18(25)22-14-7-11-24(12-8-14)17-6-5-15(20)19(23-17)16-4-2-3-10-21-16/h2-6,10,14H,7-9,11-13H2,1H3,(H,22,25). The molecule has 0 spiro atoms. The number of hydrogen-bond donors (Lipinski definition) is 1. The first-order valence-corrected chi connectivity index (χ1v) is 11.6. The Labute approximate surface area is 170 Å². The van der Waals surface area contributed by atoms with Crippen LogP contribution in [0.2, 0.25) is 5.02 Å². The Balaban J connectivity index is 1.59. The highest BCUT2D eigenvalue weighted by Gasteiger charge is 2.22. The topological polar surface area (TPSA) is 92.3 Å². The van der Waals surface area contributed by atoms with Crippen molar-refractivity contribution in [1.82, 2.24) is 15.3 Å². The Kier molecular flexibility index (Phi) is 6.51. The van der Waals surface area contributed by atoms with Gasteiger partial charge in [-0.3, -0.25) is 9.78 Å². The Morgan fingerprint density at radius 2 is 2.00 bits per heavy atom. The number of nitrogens with zero attached hydrogens (tertiary/aromatic N) is 3. The molecule has 1 amide bonds. The van der Waals surface area contributed by atoms with Gasteiger partial charge in [0.1, 0.15) is 21.3 Å². The fraction of sp³-hybridized carbons (Fsp3) is 0.421. The summed E-state index contributed by atoms with van der Waals surface area (Å²) in [6.07, 6.45) is 4.39. The first kappa shape index (κ1) is 20.5. The Hall–Kier alpha value is -2.19. The molecule has 150 valence electrons. The summed E-state index contributed by atoms with van der Waals surface area (Å²) < 4.78 is 22.3. The number of piperidine rings is 1. The van der Waals surface area contributed by atoms with E-state index in [1.54, 1.807) is 6.20 Å². The van der Waals surface area contributed by atoms with Crippen molar-refractivity contribution in [3.05, 3.63) is 41.6 Å². The van der Waals surface area contributed by atoms with E-state index in [-0.39, 0.29) is 24.1 Å². The van der Waals surface area contributed by atoms with Crippen molar-refractivity contribution in [2.45, 2.75) is 25.3 Å². The third-order valence-electron chi connectivity index (χ3n) is 4.62. The maximum Gasteiger partial charge on any atom is 0.221 e. The summed E-state index contributed by atoms with van der Waals surface area (Å²) in [5.74, 6) is 0.487. The number of hydrogen-bond acceptors (Lipinski definition) is 6. The Morgan fingerprint density at radius 1 is 1.25 bits per heavy atom. The van der Waals surface area contributed by atoms with Crippen molar-refractivity contribution in [3.63, 3.8) is 0 Å². The third-order valence-corrected chi connectivity index (χ3v) is 5.87. The first-order chi connectivity index (χ1) is 13.3. The van der Waals surface area contributed by atoms with Gasteiger partial charge in [0.15, 0.2) is 0 Å². The summed E-state index contributed by atoms with van der Waals surface area (Å²) in [6, 6.07) is 9.37. The summed E-state index contributed by atoms with van der Waals surface area (Å²) in [6.45, 7) is 1.49. The van der Waals surface area contributed by atoms with Gasteiger partial charge in [0.25, 0.3) is 0 Å². The molecule has 3 heterocycles. The van der Waals surface area contributed by atoms with Crippen molar-refractivity contribution in [1.29, 1.82) is 0 Å². The summed E-state index contributed by atoms with van der Waals surface area (Å²) in [7, 11) is -3.13. The van der Waals surface area contributed by atoms with E-state index in [0.717, 1.165) is 43.7 Å². The molecule has 0 radical (unpaired) electrons. The lowest BCUT2D eigenvalue weighted by Crippen LogP contribution is -2.45. The van der Waals surface area contributed by atoms with Crippen LogP contribution in [-0.4, -0.2) is 55.4 Å². The van der Waals surface area contributed by atoms with Crippen LogP contribution in [0.3, 0.4) is 0 Å². The van der Waals surface area contributed by atoms with Crippen LogP contribution in [0.1, 0.15) is 19.3 Å². The van der Waals surface area contributed by atoms with Gasteiger partial charge >= 0.3 is 0 Å². The molecule has 1 fully saturated rings. The van der Waals surface area contributed by atoms with Gasteiger partial charge in [-0.2, -0.15) is 0 Å². The minimum atomic E-state index is -3.13. The van der Waals surface area contributed by atoms with Gasteiger partial charge in [-0.1, -0.05) is 17.7 Å². The predicted octanol–water partition coefficient (Wildman–Crippen LogP) is 2.32. The lowest BCUT2D eigenvalue weighted by molar-refractivity contribution is -0.121. The van der Waals surface area contributed by atoms with Crippen LogP contribution in [0.15, 0.2) is 36.5 Å². The van der Waals surface area contributed by atoms with Gasteiger partial charge in [-0.25, -0.2) is 13.4 Å². The quantitative estimate of drug-likeness (QED) is 0.768. The molecular weight excluding hydrogens is 400 g/mol. The molecule has 3 rings (SSSR count). The second-order valence-electron chi connectivity index (χ2n) is 6.92. The van der Waals surface area contributed by atoms with Gasteiger partial charge < -0.3 is 10.2 Å². The van der Waals surface area contributed by atoms with Crippen LogP contribution >= 0.6 is 11.6 Å². The molecule has 7 nitrogen and oxygen atoms in total. The number of sulfone groups is 1. The summed E-state index contributed by atoms with van der Waals surface area (Å²) in [5, 5.41) is 3.48. The van der Waals surface area contributed by atoms with Gasteiger partial charge in [0.05, 0.1) is 16.5 Å². The number of carbonyl (C=O) groups is 1. The summed E-state index contributed by atoms with van der Waals surface area (Å²) >= 11 is 6.30. The number of pyridine rings is 2. The number of carbonyl (C=O) groups excluding carboxylic acids is 1. The van der Waals surface area contributed by atoms with E-state index in [1.807, 2.05) is 30.3 Å². The second kappa shape index (κ2) is 8.87. The monoisotopic (exact) mass is 422 g/mol. The molecule has 1 aliphatic rings. The largest absolute Gasteiger partial charge is 0.356 e. The summed E-state index contributed by atoms with van der Waals surface area (Å²) in [4.78, 5) is 23.1. The highest BCUT2D eigenvalue weighted by atomic mass is 35.5. The number of halogens is 1. The molecule has 1 saturated heterocycles. The summed E-state index contributed by atoms with van der Waals surface area (Å²) in [5.41, 5.74) is 1.37. The molecule has 0 unspecified atom stereocenters. The van der Waals surface area contributed by atoms with Crippen LogP contribution in [0.25, 0.3) is 11.4 Å². The highest BCUT2D eigenvalue weighted by molar-refractivity contribution is 7.90. The smallest absolute Gasteiger partial charge is 0.221 e. The molecule has 1 aliphatic heterocycles. The maximum atomic E-state index is 11.9. The SMILES string of the molecule is CS(=O)(=O)CCC(=O)NC1CCN(c2ccc(Cl)c(-c3ccccn3)n2)CC1. The molecule has 0 saturated carbocycles. The molecule has 2 aromatic heterocycles. The number of aromatic nitrogens is 2. The van der Waals surface area contributed by atoms with Gasteiger partial charge in [-0.15, -0.1) is 0 Å². The fourth-order valence-corrected chi connectivity index (χ4v) is 3.88. The number of anilines is 1. The van der Waals surface area contributed by atoms with Crippen molar-refractivity contribution in [2.75, 3.05) is 30.0 Å². The number of nitrogens with one attached hydrogen (secondary N) is 1. The van der Waals surface area contributed by atoms with Crippen LogP contribution in [-0.2, 0) is 14.6 Å². The van der Waals surface area contributed by atoms with Crippen molar-refractivity contribution in [3.8, 4) is 11.4 Å². The van der Waals surface area contributed by atoms with E-state index < -0.39 is 9.84 Å². The first-order valence-electron chi connectivity index (χ1n) is 9.12. The zero-order chi connectivity index (χ0) is 20.1. The molecule has 0 bridgehead atoms. The molecule has 0 atom stereocenters. The van der Waals surface area contributed by atoms with E-state index in [1.165, 1.54) is 0 Å². The van der Waals surface area contributed by atoms with Gasteiger partial charge in [0, 0.05) is 38.0 Å². The minimum absolute atomic E-state index is 0.00518. The van der Waals surface area contributed by atoms with Crippen molar-refractivity contribution >= 4 is 33.2 Å². The second-order valence-corrected chi connectivity index (χ2v) is 9.59. The molecular formula is C19H23ClN4O3S. The predicted molar refractivity (Wildman–Crippen MR) is 110 cm³/mol. The van der Waals surface area contributed by atoms with Crippen LogP contribution in [0.5, 0.6) is 0 Å². The van der Waals surface area contributed by atoms with Crippen molar-refractivity contribution in [2.24, 2.45) is 0 Å². The maximum absolute atomic E-state index is 11.9. The molecule has 2 aromatic rings. The molecule has 0 aromatic carbocycles. The van der Waals surface area contributed by atoms with Gasteiger partial charge in [-0.05, 0) is 37.1 Å². The zero-order valence-electron chi connectivity index (χ0n) is 15.6. The molecule has 0 aliphatic carbocycles. The number of rotatable bonds is 6. The van der Waals surface area contributed by atoms with E-state index >= 15 is 0 Å². The average Bonchev–Trinajstić information content (AvgIpc) is 2.68. The fourth-order valence-electron chi connectivity index (χ4n) is 3.12. The van der Waals surface area contributed by atoms with E-state index in [0.29, 0.717) is 10.7 Å². The van der Waals surface area contributed by atoms with E-state index in [4.69, 9.17) is 11.6 Å². The van der Waals surface area contributed by atoms with Gasteiger partial charge in [0.2, 0.25) is 5.91 Å². The molecule has 1 N–H and O–H groups in total. The third kappa shape index (κ3) is 5.65. The minimum Gasteiger partial charge on any atom is -0.356 e. The lowest BCUT2D eigenvalue weighted by atomic mass is 10.0. The lowest BCUT2D eigenvalue weighted by Gasteiger charge is -2.33. The number of amides is 1. The van der Waals surface area contributed by atoms with Crippen LogP contribution in [0.4, 0.5) is 5.82 Å². The van der Waals surface area contributed by atoms with Crippen molar-refractivity contribution < 1.29 is 13.2 Å². The molecule has 28 heavy (non-hydrogen) atoms. The van der Waals surface area contributed by atoms with E-state index in [9.17, 15) is 13.2 Å². The van der Waals surface area contributed by atoms with Crippen LogP contribution in [0, 0.1) is 0 Å².